The molecule has 7 heteroatoms. The summed E-state index contributed by atoms with van der Waals surface area (Å²) in [4.78, 5) is 8.85. The number of nitrogens with zero attached hydrogens (tertiary/aromatic N) is 3. The third-order valence-corrected chi connectivity index (χ3v) is 4.82. The Bertz CT molecular complexity index is 590. The van der Waals surface area contributed by atoms with Gasteiger partial charge in [0.1, 0.15) is 17.5 Å². The molecule has 2 heterocycles. The second-order valence-electron chi connectivity index (χ2n) is 6.70. The summed E-state index contributed by atoms with van der Waals surface area (Å²) in [6.45, 7) is 4.28. The van der Waals surface area contributed by atoms with E-state index in [2.05, 4.69) is 26.7 Å². The summed E-state index contributed by atoms with van der Waals surface area (Å²) in [5, 5.41) is 16.1. The third kappa shape index (κ3) is 5.03. The zero-order valence-electron chi connectivity index (χ0n) is 14.8. The zero-order valence-corrected chi connectivity index (χ0v) is 14.8. The first-order chi connectivity index (χ1) is 12.3. The molecule has 1 saturated carbocycles. The molecular weight excluding hydrogens is 318 g/mol. The van der Waals surface area contributed by atoms with Crippen molar-refractivity contribution in [1.82, 2.24) is 9.97 Å². The van der Waals surface area contributed by atoms with E-state index in [1.165, 1.54) is 0 Å². The van der Waals surface area contributed by atoms with E-state index in [1.807, 2.05) is 6.92 Å². The minimum Gasteiger partial charge on any atom is -0.379 e. The van der Waals surface area contributed by atoms with Gasteiger partial charge in [-0.3, -0.25) is 0 Å². The predicted molar refractivity (Wildman–Crippen MR) is 95.5 cm³/mol. The molecule has 0 aromatic carbocycles. The highest BCUT2D eigenvalue weighted by Crippen LogP contribution is 2.24. The quantitative estimate of drug-likeness (QED) is 0.819. The fourth-order valence-corrected chi connectivity index (χ4v) is 3.48. The highest BCUT2D eigenvalue weighted by Gasteiger charge is 2.22. The molecule has 0 spiro atoms. The van der Waals surface area contributed by atoms with Crippen LogP contribution in [0, 0.1) is 11.3 Å². The van der Waals surface area contributed by atoms with E-state index in [-0.39, 0.29) is 6.04 Å². The monoisotopic (exact) mass is 345 g/mol. The van der Waals surface area contributed by atoms with Crippen LogP contribution in [-0.4, -0.2) is 48.0 Å². The topological polar surface area (TPSA) is 92.1 Å². The lowest BCUT2D eigenvalue weighted by atomic mass is 9.93. The van der Waals surface area contributed by atoms with E-state index in [0.29, 0.717) is 36.1 Å². The molecule has 0 amide bonds. The van der Waals surface area contributed by atoms with Gasteiger partial charge in [0, 0.05) is 19.3 Å². The van der Waals surface area contributed by atoms with Crippen molar-refractivity contribution in [3.63, 3.8) is 0 Å². The molecular formula is C18H27N5O2. The summed E-state index contributed by atoms with van der Waals surface area (Å²) in [5.74, 6) is 1.18. The number of rotatable bonds is 6. The summed E-state index contributed by atoms with van der Waals surface area (Å²) in [6.07, 6.45) is 8.25. The molecule has 0 unspecified atom stereocenters. The molecule has 7 nitrogen and oxygen atoms in total. The highest BCUT2D eigenvalue weighted by molar-refractivity contribution is 5.54. The molecule has 2 N–H and O–H groups in total. The Kier molecular flexibility index (Phi) is 6.42. The van der Waals surface area contributed by atoms with Crippen LogP contribution in [-0.2, 0) is 9.47 Å². The largest absolute Gasteiger partial charge is 0.379 e. The van der Waals surface area contributed by atoms with Crippen LogP contribution in [0.4, 0.5) is 11.8 Å². The van der Waals surface area contributed by atoms with Gasteiger partial charge in [0.2, 0.25) is 5.95 Å². The average molecular weight is 345 g/mol. The van der Waals surface area contributed by atoms with Crippen LogP contribution in [0.3, 0.4) is 0 Å². The van der Waals surface area contributed by atoms with Crippen LogP contribution in [0.25, 0.3) is 0 Å². The summed E-state index contributed by atoms with van der Waals surface area (Å²) in [7, 11) is 0. The minimum atomic E-state index is 0.199. The fourth-order valence-electron chi connectivity index (χ4n) is 3.48. The SMILES string of the molecule is CCOC1CCC(Nc2ncc(C#N)c(N[C@@H]3CCCOC3)n2)CC1. The van der Waals surface area contributed by atoms with Gasteiger partial charge in [0.05, 0.1) is 24.9 Å². The van der Waals surface area contributed by atoms with Crippen LogP contribution in [0.2, 0.25) is 0 Å². The van der Waals surface area contributed by atoms with E-state index in [9.17, 15) is 5.26 Å². The number of ether oxygens (including phenoxy) is 2. The van der Waals surface area contributed by atoms with E-state index < -0.39 is 0 Å². The lowest BCUT2D eigenvalue weighted by Crippen LogP contribution is -2.32. The summed E-state index contributed by atoms with van der Waals surface area (Å²) < 4.78 is 11.2. The molecule has 0 radical (unpaired) electrons. The summed E-state index contributed by atoms with van der Waals surface area (Å²) in [5.41, 5.74) is 0.469. The second-order valence-corrected chi connectivity index (χ2v) is 6.70. The van der Waals surface area contributed by atoms with E-state index >= 15 is 0 Å². The molecule has 1 saturated heterocycles. The van der Waals surface area contributed by atoms with Crippen molar-refractivity contribution in [1.29, 1.82) is 5.26 Å². The number of hydrogen-bond donors (Lipinski definition) is 2. The van der Waals surface area contributed by atoms with E-state index in [1.54, 1.807) is 6.20 Å². The molecule has 136 valence electrons. The Hall–Kier alpha value is -1.91. The number of aromatic nitrogens is 2. The van der Waals surface area contributed by atoms with Crippen LogP contribution >= 0.6 is 0 Å². The van der Waals surface area contributed by atoms with Crippen LogP contribution in [0.15, 0.2) is 6.20 Å². The van der Waals surface area contributed by atoms with Crippen molar-refractivity contribution in [3.8, 4) is 6.07 Å². The maximum atomic E-state index is 9.30. The predicted octanol–water partition coefficient (Wildman–Crippen LogP) is 2.70. The lowest BCUT2D eigenvalue weighted by Gasteiger charge is -2.29. The lowest BCUT2D eigenvalue weighted by molar-refractivity contribution is 0.0346. The second kappa shape index (κ2) is 8.97. The maximum Gasteiger partial charge on any atom is 0.224 e. The van der Waals surface area contributed by atoms with Crippen LogP contribution in [0.1, 0.15) is 51.0 Å². The van der Waals surface area contributed by atoms with Gasteiger partial charge in [-0.1, -0.05) is 0 Å². The molecule has 1 aliphatic heterocycles. The highest BCUT2D eigenvalue weighted by atomic mass is 16.5. The van der Waals surface area contributed by atoms with Gasteiger partial charge in [-0.2, -0.15) is 10.2 Å². The fraction of sp³-hybridized carbons (Fsp3) is 0.722. The zero-order chi connectivity index (χ0) is 17.5. The van der Waals surface area contributed by atoms with Crippen molar-refractivity contribution in [3.05, 3.63) is 11.8 Å². The first kappa shape index (κ1) is 17.9. The number of nitriles is 1. The normalized spacial score (nSPS) is 26.6. The molecule has 1 aliphatic carbocycles. The minimum absolute atomic E-state index is 0.199. The number of hydrogen-bond acceptors (Lipinski definition) is 7. The van der Waals surface area contributed by atoms with Crippen molar-refractivity contribution in [2.24, 2.45) is 0 Å². The Morgan fingerprint density at radius 2 is 2.08 bits per heavy atom. The molecule has 3 rings (SSSR count). The van der Waals surface area contributed by atoms with E-state index in [0.717, 1.165) is 51.7 Å². The Labute approximate surface area is 149 Å². The third-order valence-electron chi connectivity index (χ3n) is 4.82. The van der Waals surface area contributed by atoms with Gasteiger partial charge in [-0.25, -0.2) is 4.98 Å². The molecule has 1 atom stereocenters. The van der Waals surface area contributed by atoms with Crippen LogP contribution < -0.4 is 10.6 Å². The van der Waals surface area contributed by atoms with Gasteiger partial charge in [0.25, 0.3) is 0 Å². The van der Waals surface area contributed by atoms with Crippen molar-refractivity contribution >= 4 is 11.8 Å². The van der Waals surface area contributed by atoms with Gasteiger partial charge in [0.15, 0.2) is 0 Å². The first-order valence-corrected chi connectivity index (χ1v) is 9.28. The molecule has 1 aromatic rings. The summed E-state index contributed by atoms with van der Waals surface area (Å²) in [6, 6.07) is 2.72. The van der Waals surface area contributed by atoms with Crippen molar-refractivity contribution in [2.45, 2.75) is 63.6 Å². The molecule has 1 aromatic heterocycles. The molecule has 25 heavy (non-hydrogen) atoms. The van der Waals surface area contributed by atoms with Gasteiger partial charge < -0.3 is 20.1 Å². The smallest absolute Gasteiger partial charge is 0.224 e. The molecule has 2 aliphatic rings. The number of nitrogens with one attached hydrogen (secondary N) is 2. The van der Waals surface area contributed by atoms with Crippen molar-refractivity contribution in [2.75, 3.05) is 30.5 Å². The molecule has 0 bridgehead atoms. The first-order valence-electron chi connectivity index (χ1n) is 9.28. The Morgan fingerprint density at radius 1 is 1.24 bits per heavy atom. The standard InChI is InChI=1S/C18H27N5O2/c1-2-25-16-7-5-14(6-8-16)22-18-20-11-13(10-19)17(23-18)21-15-4-3-9-24-12-15/h11,14-16H,2-9,12H2,1H3,(H2,20,21,22,23)/t14?,15-,16?/m1/s1. The molecule has 2 fully saturated rings. The van der Waals surface area contributed by atoms with Crippen LogP contribution in [0.5, 0.6) is 0 Å². The Morgan fingerprint density at radius 3 is 2.76 bits per heavy atom. The summed E-state index contributed by atoms with van der Waals surface area (Å²) >= 11 is 0. The Balaban J connectivity index is 1.60. The van der Waals surface area contributed by atoms with Gasteiger partial charge in [-0.05, 0) is 45.4 Å². The number of anilines is 2. The van der Waals surface area contributed by atoms with E-state index in [4.69, 9.17) is 9.47 Å². The van der Waals surface area contributed by atoms with Crippen molar-refractivity contribution < 1.29 is 9.47 Å². The average Bonchev–Trinajstić information content (AvgIpc) is 2.65. The van der Waals surface area contributed by atoms with Gasteiger partial charge >= 0.3 is 0 Å². The maximum absolute atomic E-state index is 9.30. The van der Waals surface area contributed by atoms with Gasteiger partial charge in [-0.15, -0.1) is 0 Å².